The van der Waals surface area contributed by atoms with Crippen LogP contribution in [0.15, 0.2) is 47.0 Å². The molecule has 2 N–H and O–H groups in total. The topological polar surface area (TPSA) is 85.2 Å². The molecule has 1 aliphatic heterocycles. The van der Waals surface area contributed by atoms with Gasteiger partial charge in [-0.2, -0.15) is 4.98 Å². The van der Waals surface area contributed by atoms with Crippen molar-refractivity contribution in [2.24, 2.45) is 0 Å². The molecule has 1 saturated carbocycles. The SMILES string of the molecule is Cl.Nc1cccc2c1CCCN2C(=O)c1ccc(-c2nc(C3CC3)no2)cc1. The number of benzene rings is 2. The number of hydrogen-bond acceptors (Lipinski definition) is 5. The van der Waals surface area contributed by atoms with Gasteiger partial charge < -0.3 is 15.2 Å². The second-order valence-corrected chi connectivity index (χ2v) is 7.21. The minimum absolute atomic E-state index is 0. The van der Waals surface area contributed by atoms with Crippen LogP contribution >= 0.6 is 12.4 Å². The summed E-state index contributed by atoms with van der Waals surface area (Å²) in [6.07, 6.45) is 4.09. The Kier molecular flexibility index (Phi) is 4.81. The summed E-state index contributed by atoms with van der Waals surface area (Å²) in [6, 6.07) is 13.1. The van der Waals surface area contributed by atoms with E-state index in [1.807, 2.05) is 47.4 Å². The Labute approximate surface area is 169 Å². The van der Waals surface area contributed by atoms with Gasteiger partial charge >= 0.3 is 0 Å². The van der Waals surface area contributed by atoms with Crippen LogP contribution in [0.25, 0.3) is 11.5 Å². The Bertz CT molecular complexity index is 1010. The fraction of sp³-hybridized carbons (Fsp3) is 0.286. The molecule has 2 heterocycles. The molecule has 2 aliphatic rings. The van der Waals surface area contributed by atoms with Crippen molar-refractivity contribution in [2.45, 2.75) is 31.6 Å². The first-order valence-corrected chi connectivity index (χ1v) is 9.34. The van der Waals surface area contributed by atoms with Crippen LogP contribution in [0.3, 0.4) is 0 Å². The lowest BCUT2D eigenvalue weighted by molar-refractivity contribution is 0.0985. The number of rotatable bonds is 3. The fourth-order valence-electron chi connectivity index (χ4n) is 3.63. The van der Waals surface area contributed by atoms with Crippen LogP contribution < -0.4 is 10.6 Å². The van der Waals surface area contributed by atoms with Crippen LogP contribution in [-0.4, -0.2) is 22.6 Å². The number of carbonyl (C=O) groups is 1. The van der Waals surface area contributed by atoms with Crippen LogP contribution in [0.2, 0.25) is 0 Å². The molecule has 0 bridgehead atoms. The molecule has 0 spiro atoms. The predicted molar refractivity (Wildman–Crippen MR) is 110 cm³/mol. The van der Waals surface area contributed by atoms with Crippen molar-refractivity contribution < 1.29 is 9.32 Å². The molecule has 3 aromatic rings. The molecule has 28 heavy (non-hydrogen) atoms. The Morgan fingerprint density at radius 2 is 1.93 bits per heavy atom. The van der Waals surface area contributed by atoms with E-state index in [1.54, 1.807) is 0 Å². The largest absolute Gasteiger partial charge is 0.398 e. The molecular formula is C21H21ClN4O2. The van der Waals surface area contributed by atoms with Crippen LogP contribution in [0.1, 0.15) is 46.9 Å². The summed E-state index contributed by atoms with van der Waals surface area (Å²) in [5, 5.41) is 4.05. The van der Waals surface area contributed by atoms with Crippen molar-refractivity contribution in [1.29, 1.82) is 0 Å². The minimum Gasteiger partial charge on any atom is -0.398 e. The second-order valence-electron chi connectivity index (χ2n) is 7.21. The lowest BCUT2D eigenvalue weighted by Crippen LogP contribution is -2.35. The first kappa shape index (κ1) is 18.5. The highest BCUT2D eigenvalue weighted by Gasteiger charge is 2.29. The molecule has 0 unspecified atom stereocenters. The number of nitrogens with two attached hydrogens (primary N) is 1. The standard InChI is InChI=1S/C21H20N4O2.ClH/c22-17-4-1-5-18-16(17)3-2-12-25(18)21(26)15-10-8-14(9-11-15)20-23-19(24-27-20)13-6-7-13;/h1,4-5,8-11,13H,2-3,6-7,12,22H2;1H. The molecule has 1 amide bonds. The van der Waals surface area contributed by atoms with Crippen LogP contribution in [-0.2, 0) is 6.42 Å². The van der Waals surface area contributed by atoms with Gasteiger partial charge in [0.05, 0.1) is 0 Å². The second kappa shape index (κ2) is 7.28. The molecule has 1 aromatic heterocycles. The third-order valence-electron chi connectivity index (χ3n) is 5.30. The zero-order valence-corrected chi connectivity index (χ0v) is 16.1. The Hall–Kier alpha value is -2.86. The van der Waals surface area contributed by atoms with E-state index in [2.05, 4.69) is 10.1 Å². The van der Waals surface area contributed by atoms with Crippen LogP contribution in [0.4, 0.5) is 11.4 Å². The van der Waals surface area contributed by atoms with Gasteiger partial charge in [-0.1, -0.05) is 11.2 Å². The molecular weight excluding hydrogens is 376 g/mol. The van der Waals surface area contributed by atoms with Gasteiger partial charge in [0.15, 0.2) is 5.82 Å². The molecule has 0 radical (unpaired) electrons. The number of fused-ring (bicyclic) bond motifs is 1. The lowest BCUT2D eigenvalue weighted by Gasteiger charge is -2.30. The first-order chi connectivity index (χ1) is 13.2. The first-order valence-electron chi connectivity index (χ1n) is 9.34. The van der Waals surface area contributed by atoms with Gasteiger partial charge in [-0.05, 0) is 67.6 Å². The lowest BCUT2D eigenvalue weighted by atomic mass is 9.99. The summed E-state index contributed by atoms with van der Waals surface area (Å²) >= 11 is 0. The summed E-state index contributed by atoms with van der Waals surface area (Å²) in [5.41, 5.74) is 10.3. The van der Waals surface area contributed by atoms with E-state index in [1.165, 1.54) is 0 Å². The van der Waals surface area contributed by atoms with Crippen molar-refractivity contribution in [3.8, 4) is 11.5 Å². The van der Waals surface area contributed by atoms with Gasteiger partial charge in [-0.25, -0.2) is 0 Å². The van der Waals surface area contributed by atoms with E-state index >= 15 is 0 Å². The third-order valence-corrected chi connectivity index (χ3v) is 5.30. The van der Waals surface area contributed by atoms with E-state index in [4.69, 9.17) is 10.3 Å². The Morgan fingerprint density at radius 1 is 1.14 bits per heavy atom. The zero-order valence-electron chi connectivity index (χ0n) is 15.3. The van der Waals surface area contributed by atoms with Crippen LogP contribution in [0.5, 0.6) is 0 Å². The molecule has 6 nitrogen and oxygen atoms in total. The van der Waals surface area contributed by atoms with E-state index < -0.39 is 0 Å². The van der Waals surface area contributed by atoms with Crippen molar-refractivity contribution in [2.75, 3.05) is 17.2 Å². The van der Waals surface area contributed by atoms with Gasteiger partial charge in [0.1, 0.15) is 0 Å². The molecule has 144 valence electrons. The van der Waals surface area contributed by atoms with E-state index in [0.717, 1.165) is 54.0 Å². The number of carbonyl (C=O) groups excluding carboxylic acids is 1. The van der Waals surface area contributed by atoms with Gasteiger partial charge in [0.2, 0.25) is 0 Å². The highest BCUT2D eigenvalue weighted by atomic mass is 35.5. The van der Waals surface area contributed by atoms with Gasteiger partial charge in [0.25, 0.3) is 11.8 Å². The average molecular weight is 397 g/mol. The molecule has 0 atom stereocenters. The number of anilines is 2. The van der Waals surface area contributed by atoms with Crippen molar-refractivity contribution >= 4 is 29.7 Å². The number of aromatic nitrogens is 2. The maximum Gasteiger partial charge on any atom is 0.258 e. The summed E-state index contributed by atoms with van der Waals surface area (Å²) in [6.45, 7) is 0.700. The van der Waals surface area contributed by atoms with Gasteiger partial charge in [-0.3, -0.25) is 4.79 Å². The highest BCUT2D eigenvalue weighted by Crippen LogP contribution is 2.39. The third kappa shape index (κ3) is 3.24. The van der Waals surface area contributed by atoms with E-state index in [-0.39, 0.29) is 18.3 Å². The number of nitrogens with zero attached hydrogens (tertiary/aromatic N) is 3. The summed E-state index contributed by atoms with van der Waals surface area (Å²) in [5.74, 6) is 1.73. The van der Waals surface area contributed by atoms with Crippen molar-refractivity contribution in [3.63, 3.8) is 0 Å². The average Bonchev–Trinajstić information content (AvgIpc) is 3.44. The maximum atomic E-state index is 13.1. The number of halogens is 1. The molecule has 7 heteroatoms. The quantitative estimate of drug-likeness (QED) is 0.670. The van der Waals surface area contributed by atoms with Crippen LogP contribution in [0, 0.1) is 0 Å². The monoisotopic (exact) mass is 396 g/mol. The maximum absolute atomic E-state index is 13.1. The summed E-state index contributed by atoms with van der Waals surface area (Å²) < 4.78 is 5.36. The van der Waals surface area contributed by atoms with Gasteiger partial charge in [-0.15, -0.1) is 12.4 Å². The van der Waals surface area contributed by atoms with Crippen molar-refractivity contribution in [1.82, 2.24) is 10.1 Å². The normalized spacial score (nSPS) is 15.6. The molecule has 2 aromatic carbocycles. The predicted octanol–water partition coefficient (Wildman–Crippen LogP) is 4.21. The fourth-order valence-corrected chi connectivity index (χ4v) is 3.63. The number of hydrogen-bond donors (Lipinski definition) is 1. The van der Waals surface area contributed by atoms with E-state index in [0.29, 0.717) is 23.9 Å². The highest BCUT2D eigenvalue weighted by molar-refractivity contribution is 6.07. The Balaban J connectivity index is 0.00000192. The zero-order chi connectivity index (χ0) is 18.4. The van der Waals surface area contributed by atoms with E-state index in [9.17, 15) is 4.79 Å². The van der Waals surface area contributed by atoms with Gasteiger partial charge in [0, 0.05) is 35.0 Å². The molecule has 5 rings (SSSR count). The molecule has 0 saturated heterocycles. The molecule has 1 fully saturated rings. The number of amides is 1. The summed E-state index contributed by atoms with van der Waals surface area (Å²) in [4.78, 5) is 19.3. The smallest absolute Gasteiger partial charge is 0.258 e. The summed E-state index contributed by atoms with van der Waals surface area (Å²) in [7, 11) is 0. The number of nitrogen functional groups attached to an aromatic ring is 1. The van der Waals surface area contributed by atoms with Crippen molar-refractivity contribution in [3.05, 3.63) is 59.4 Å². The Morgan fingerprint density at radius 3 is 2.68 bits per heavy atom. The molecule has 1 aliphatic carbocycles. The minimum atomic E-state index is -0.0164.